The van der Waals surface area contributed by atoms with Gasteiger partial charge in [0.15, 0.2) is 0 Å². The SMILES string of the molecule is N#Cc1cc(F)cc(-c2ccc(N)c(F)c2)c1. The summed E-state index contributed by atoms with van der Waals surface area (Å²) in [6.07, 6.45) is 0. The summed E-state index contributed by atoms with van der Waals surface area (Å²) in [7, 11) is 0. The van der Waals surface area contributed by atoms with Gasteiger partial charge in [0, 0.05) is 0 Å². The van der Waals surface area contributed by atoms with Crippen LogP contribution < -0.4 is 5.73 Å². The number of hydrogen-bond donors (Lipinski definition) is 1. The van der Waals surface area contributed by atoms with Crippen LogP contribution in [0, 0.1) is 23.0 Å². The number of hydrogen-bond acceptors (Lipinski definition) is 2. The molecule has 0 atom stereocenters. The molecule has 0 amide bonds. The highest BCUT2D eigenvalue weighted by molar-refractivity contribution is 5.67. The van der Waals surface area contributed by atoms with Gasteiger partial charge in [0.05, 0.1) is 17.3 Å². The van der Waals surface area contributed by atoms with Crippen molar-refractivity contribution in [3.8, 4) is 17.2 Å². The minimum Gasteiger partial charge on any atom is -0.396 e. The van der Waals surface area contributed by atoms with Crippen molar-refractivity contribution in [2.75, 3.05) is 5.73 Å². The zero-order chi connectivity index (χ0) is 12.4. The maximum atomic E-state index is 13.3. The van der Waals surface area contributed by atoms with Crippen LogP contribution in [0.5, 0.6) is 0 Å². The molecule has 0 bridgehead atoms. The fourth-order valence-corrected chi connectivity index (χ4v) is 1.53. The van der Waals surface area contributed by atoms with Crippen molar-refractivity contribution < 1.29 is 8.78 Å². The van der Waals surface area contributed by atoms with Gasteiger partial charge in [-0.05, 0) is 41.5 Å². The molecule has 0 spiro atoms. The third-order valence-electron chi connectivity index (χ3n) is 2.36. The predicted molar refractivity (Wildman–Crippen MR) is 60.9 cm³/mol. The van der Waals surface area contributed by atoms with Crippen LogP contribution in [0.25, 0.3) is 11.1 Å². The highest BCUT2D eigenvalue weighted by Gasteiger charge is 2.05. The molecule has 17 heavy (non-hydrogen) atoms. The number of benzene rings is 2. The average molecular weight is 230 g/mol. The maximum absolute atomic E-state index is 13.3. The lowest BCUT2D eigenvalue weighted by molar-refractivity contribution is 0.627. The fraction of sp³-hybridized carbons (Fsp3) is 0. The molecule has 0 radical (unpaired) electrons. The van der Waals surface area contributed by atoms with Gasteiger partial charge < -0.3 is 5.73 Å². The van der Waals surface area contributed by atoms with Crippen LogP contribution in [0.4, 0.5) is 14.5 Å². The van der Waals surface area contributed by atoms with Crippen molar-refractivity contribution in [1.29, 1.82) is 5.26 Å². The number of halogens is 2. The number of anilines is 1. The number of nitrogens with zero attached hydrogens (tertiary/aromatic N) is 1. The second-order valence-corrected chi connectivity index (χ2v) is 3.58. The van der Waals surface area contributed by atoms with Crippen LogP contribution >= 0.6 is 0 Å². The molecule has 2 aromatic carbocycles. The molecule has 0 saturated carbocycles. The molecule has 0 saturated heterocycles. The van der Waals surface area contributed by atoms with E-state index in [1.165, 1.54) is 24.3 Å². The minimum absolute atomic E-state index is 0.0330. The Kier molecular flexibility index (Phi) is 2.75. The molecule has 2 aromatic rings. The van der Waals surface area contributed by atoms with E-state index in [4.69, 9.17) is 11.0 Å². The van der Waals surface area contributed by atoms with Crippen molar-refractivity contribution in [1.82, 2.24) is 0 Å². The number of rotatable bonds is 1. The Bertz CT molecular complexity index is 615. The molecular formula is C13H8F2N2. The molecule has 0 aliphatic heterocycles. The van der Waals surface area contributed by atoms with Crippen molar-refractivity contribution in [2.24, 2.45) is 0 Å². The largest absolute Gasteiger partial charge is 0.396 e. The number of nitriles is 1. The number of nitrogen functional groups attached to an aromatic ring is 1. The van der Waals surface area contributed by atoms with Crippen molar-refractivity contribution in [3.05, 3.63) is 53.6 Å². The molecule has 0 unspecified atom stereocenters. The Balaban J connectivity index is 2.56. The van der Waals surface area contributed by atoms with Crippen LogP contribution in [0.2, 0.25) is 0 Å². The molecule has 0 fully saturated rings. The molecule has 2 nitrogen and oxygen atoms in total. The van der Waals surface area contributed by atoms with Gasteiger partial charge in [0.25, 0.3) is 0 Å². The monoisotopic (exact) mass is 230 g/mol. The minimum atomic E-state index is -0.565. The Labute approximate surface area is 96.9 Å². The van der Waals surface area contributed by atoms with Gasteiger partial charge in [-0.15, -0.1) is 0 Å². The van der Waals surface area contributed by atoms with Crippen molar-refractivity contribution >= 4 is 5.69 Å². The second kappa shape index (κ2) is 4.22. The van der Waals surface area contributed by atoms with E-state index in [9.17, 15) is 8.78 Å². The van der Waals surface area contributed by atoms with E-state index in [1.807, 2.05) is 6.07 Å². The van der Waals surface area contributed by atoms with Crippen LogP contribution in [0.1, 0.15) is 5.56 Å². The van der Waals surface area contributed by atoms with E-state index in [0.29, 0.717) is 11.1 Å². The van der Waals surface area contributed by atoms with E-state index >= 15 is 0 Å². The lowest BCUT2D eigenvalue weighted by atomic mass is 10.0. The summed E-state index contributed by atoms with van der Waals surface area (Å²) in [5.74, 6) is -1.10. The van der Waals surface area contributed by atoms with Crippen LogP contribution in [-0.2, 0) is 0 Å². The molecule has 4 heteroatoms. The zero-order valence-electron chi connectivity index (χ0n) is 8.74. The van der Waals surface area contributed by atoms with E-state index in [-0.39, 0.29) is 11.3 Å². The van der Waals surface area contributed by atoms with Gasteiger partial charge in [-0.25, -0.2) is 8.78 Å². The van der Waals surface area contributed by atoms with Gasteiger partial charge in [0.2, 0.25) is 0 Å². The summed E-state index contributed by atoms with van der Waals surface area (Å²) in [5.41, 5.74) is 6.50. The van der Waals surface area contributed by atoms with E-state index in [2.05, 4.69) is 0 Å². The van der Waals surface area contributed by atoms with E-state index in [1.54, 1.807) is 6.07 Å². The van der Waals surface area contributed by atoms with E-state index in [0.717, 1.165) is 6.07 Å². The highest BCUT2D eigenvalue weighted by atomic mass is 19.1. The molecule has 2 N–H and O–H groups in total. The lowest BCUT2D eigenvalue weighted by Crippen LogP contribution is -1.91. The Morgan fingerprint density at radius 2 is 1.76 bits per heavy atom. The molecule has 0 aliphatic rings. The topological polar surface area (TPSA) is 49.8 Å². The first-order valence-corrected chi connectivity index (χ1v) is 4.86. The third kappa shape index (κ3) is 2.23. The molecular weight excluding hydrogens is 222 g/mol. The highest BCUT2D eigenvalue weighted by Crippen LogP contribution is 2.24. The molecule has 84 valence electrons. The molecule has 2 rings (SSSR count). The normalized spacial score (nSPS) is 9.94. The van der Waals surface area contributed by atoms with Crippen LogP contribution in [0.15, 0.2) is 36.4 Å². The molecule has 0 aliphatic carbocycles. The Morgan fingerprint density at radius 1 is 1.00 bits per heavy atom. The van der Waals surface area contributed by atoms with Gasteiger partial charge in [-0.3, -0.25) is 0 Å². The first kappa shape index (κ1) is 11.1. The van der Waals surface area contributed by atoms with Gasteiger partial charge in [0.1, 0.15) is 11.6 Å². The van der Waals surface area contributed by atoms with Gasteiger partial charge in [-0.1, -0.05) is 6.07 Å². The molecule has 0 heterocycles. The zero-order valence-corrected chi connectivity index (χ0v) is 8.74. The standard InChI is InChI=1S/C13H8F2N2/c14-11-4-8(7-16)3-10(5-11)9-1-2-13(17)12(15)6-9/h1-6H,17H2. The Morgan fingerprint density at radius 3 is 2.41 bits per heavy atom. The molecule has 0 aromatic heterocycles. The fourth-order valence-electron chi connectivity index (χ4n) is 1.53. The van der Waals surface area contributed by atoms with Gasteiger partial charge >= 0.3 is 0 Å². The first-order chi connectivity index (χ1) is 8.10. The average Bonchev–Trinajstić information content (AvgIpc) is 2.32. The summed E-state index contributed by atoms with van der Waals surface area (Å²) in [6.45, 7) is 0. The summed E-state index contributed by atoms with van der Waals surface area (Å²) >= 11 is 0. The lowest BCUT2D eigenvalue weighted by Gasteiger charge is -2.04. The van der Waals surface area contributed by atoms with Gasteiger partial charge in [-0.2, -0.15) is 5.26 Å². The van der Waals surface area contributed by atoms with Crippen molar-refractivity contribution in [2.45, 2.75) is 0 Å². The summed E-state index contributed by atoms with van der Waals surface area (Å²) < 4.78 is 26.5. The quantitative estimate of drug-likeness (QED) is 0.765. The Hall–Kier alpha value is -2.41. The van der Waals surface area contributed by atoms with E-state index < -0.39 is 11.6 Å². The third-order valence-corrected chi connectivity index (χ3v) is 2.36. The smallest absolute Gasteiger partial charge is 0.146 e. The number of nitrogens with two attached hydrogens (primary N) is 1. The van der Waals surface area contributed by atoms with Crippen LogP contribution in [0.3, 0.4) is 0 Å². The second-order valence-electron chi connectivity index (χ2n) is 3.58. The van der Waals surface area contributed by atoms with Crippen molar-refractivity contribution in [3.63, 3.8) is 0 Å². The van der Waals surface area contributed by atoms with Crippen LogP contribution in [-0.4, -0.2) is 0 Å². The summed E-state index contributed by atoms with van der Waals surface area (Å²) in [4.78, 5) is 0. The summed E-state index contributed by atoms with van der Waals surface area (Å²) in [6, 6.07) is 9.90. The predicted octanol–water partition coefficient (Wildman–Crippen LogP) is 3.09. The first-order valence-electron chi connectivity index (χ1n) is 4.86. The maximum Gasteiger partial charge on any atom is 0.146 e. The summed E-state index contributed by atoms with van der Waals surface area (Å²) in [5, 5.41) is 8.72.